The summed E-state index contributed by atoms with van der Waals surface area (Å²) >= 11 is 0. The fraction of sp³-hybridized carbons (Fsp3) is 0.448. The van der Waals surface area contributed by atoms with Gasteiger partial charge in [-0.25, -0.2) is 0 Å². The molecule has 1 saturated carbocycles. The minimum atomic E-state index is -0.218. The van der Waals surface area contributed by atoms with Crippen LogP contribution < -0.4 is 21.1 Å². The summed E-state index contributed by atoms with van der Waals surface area (Å²) in [5.74, 6) is 1.12. The minimum Gasteiger partial charge on any atom is -0.497 e. The van der Waals surface area contributed by atoms with Crippen molar-refractivity contribution in [3.8, 4) is 5.75 Å². The molecule has 1 aliphatic carbocycles. The van der Waals surface area contributed by atoms with E-state index in [1.165, 1.54) is 31.0 Å². The second-order valence-corrected chi connectivity index (χ2v) is 9.39. The van der Waals surface area contributed by atoms with Crippen LogP contribution in [-0.4, -0.2) is 38.9 Å². The number of ether oxygens (including phenoxy) is 1. The maximum Gasteiger partial charge on any atom is 0.252 e. The molecule has 188 valence electrons. The van der Waals surface area contributed by atoms with E-state index in [4.69, 9.17) is 10.5 Å². The average molecular weight is 477 g/mol. The first-order valence-corrected chi connectivity index (χ1v) is 12.6. The van der Waals surface area contributed by atoms with Gasteiger partial charge in [0.15, 0.2) is 0 Å². The second kappa shape index (κ2) is 12.5. The van der Waals surface area contributed by atoms with E-state index in [1.54, 1.807) is 20.4 Å². The Labute approximate surface area is 210 Å². The molecule has 0 aromatic heterocycles. The first-order valence-electron chi connectivity index (χ1n) is 12.6. The highest BCUT2D eigenvalue weighted by Gasteiger charge is 2.24. The summed E-state index contributed by atoms with van der Waals surface area (Å²) in [6, 6.07) is 12.6. The number of hydrogen-bond donors (Lipinski definition) is 3. The van der Waals surface area contributed by atoms with Crippen molar-refractivity contribution in [1.82, 2.24) is 10.6 Å². The van der Waals surface area contributed by atoms with E-state index < -0.39 is 0 Å². The topological polar surface area (TPSA) is 88.7 Å². The van der Waals surface area contributed by atoms with Crippen molar-refractivity contribution in [3.63, 3.8) is 0 Å². The van der Waals surface area contributed by atoms with Crippen molar-refractivity contribution >= 4 is 17.7 Å². The zero-order valence-electron chi connectivity index (χ0n) is 21.7. The lowest BCUT2D eigenvalue weighted by molar-refractivity contribution is 0.0939. The van der Waals surface area contributed by atoms with Gasteiger partial charge in [0.25, 0.3) is 5.91 Å². The standard InChI is InChI=1S/C29H40N4O2/c1-6-32-26-9-7-8-21(13-26)22-11-10-19(2)28(16-22)29(34)33-20(3)23-12-24(15-27(14-23)35-5)25(17-30)18-31-4/h10-12,14-18,20-21,26,32H,6-9,13,30H2,1-5H3,(H,33,34)/b25-17+,31-18?/t20-,21?,26?/m1/s1. The van der Waals surface area contributed by atoms with Crippen LogP contribution in [0.15, 0.2) is 47.6 Å². The molecular weight excluding hydrogens is 436 g/mol. The Balaban J connectivity index is 1.81. The van der Waals surface area contributed by atoms with Gasteiger partial charge >= 0.3 is 0 Å². The molecule has 1 fully saturated rings. The summed E-state index contributed by atoms with van der Waals surface area (Å²) in [5.41, 5.74) is 11.4. The molecule has 0 aliphatic heterocycles. The fourth-order valence-electron chi connectivity index (χ4n) is 4.97. The first-order chi connectivity index (χ1) is 16.9. The summed E-state index contributed by atoms with van der Waals surface area (Å²) in [4.78, 5) is 17.5. The zero-order valence-corrected chi connectivity index (χ0v) is 21.7. The molecule has 0 bridgehead atoms. The van der Waals surface area contributed by atoms with Gasteiger partial charge in [0.1, 0.15) is 5.75 Å². The zero-order chi connectivity index (χ0) is 25.4. The summed E-state index contributed by atoms with van der Waals surface area (Å²) < 4.78 is 5.51. The van der Waals surface area contributed by atoms with Gasteiger partial charge in [-0.3, -0.25) is 9.79 Å². The third kappa shape index (κ3) is 6.73. The molecule has 2 aromatic rings. The number of benzene rings is 2. The van der Waals surface area contributed by atoms with Crippen LogP contribution in [0.1, 0.15) is 84.1 Å². The van der Waals surface area contributed by atoms with Gasteiger partial charge in [0, 0.05) is 36.6 Å². The molecule has 3 rings (SSSR count). The summed E-state index contributed by atoms with van der Waals surface area (Å²) in [5, 5.41) is 6.79. The minimum absolute atomic E-state index is 0.0648. The number of aryl methyl sites for hydroxylation is 1. The lowest BCUT2D eigenvalue weighted by Gasteiger charge is -2.30. The number of carbonyl (C=O) groups excluding carboxylic acids is 1. The molecule has 3 atom stereocenters. The van der Waals surface area contributed by atoms with Gasteiger partial charge in [-0.1, -0.05) is 25.5 Å². The number of carbonyl (C=O) groups is 1. The molecule has 0 radical (unpaired) electrons. The number of aliphatic imine (C=N–C) groups is 1. The van der Waals surface area contributed by atoms with Crippen LogP contribution in [0, 0.1) is 6.92 Å². The quantitative estimate of drug-likeness (QED) is 0.438. The average Bonchev–Trinajstić information content (AvgIpc) is 2.87. The second-order valence-electron chi connectivity index (χ2n) is 9.39. The first kappa shape index (κ1) is 26.5. The third-order valence-corrected chi connectivity index (χ3v) is 6.94. The molecule has 2 unspecified atom stereocenters. The molecular formula is C29H40N4O2. The Kier molecular flexibility index (Phi) is 9.49. The number of amides is 1. The highest BCUT2D eigenvalue weighted by molar-refractivity contribution is 6.09. The van der Waals surface area contributed by atoms with E-state index in [-0.39, 0.29) is 11.9 Å². The Morgan fingerprint density at radius 1 is 1.26 bits per heavy atom. The summed E-state index contributed by atoms with van der Waals surface area (Å²) in [6.07, 6.45) is 7.98. The summed E-state index contributed by atoms with van der Waals surface area (Å²) in [6.45, 7) is 7.14. The van der Waals surface area contributed by atoms with Gasteiger partial charge in [0.05, 0.1) is 13.2 Å². The highest BCUT2D eigenvalue weighted by Crippen LogP contribution is 2.34. The van der Waals surface area contributed by atoms with Crippen LogP contribution in [0.4, 0.5) is 0 Å². The number of nitrogens with one attached hydrogen (secondary N) is 2. The van der Waals surface area contributed by atoms with Crippen molar-refractivity contribution in [2.24, 2.45) is 10.7 Å². The van der Waals surface area contributed by atoms with Gasteiger partial charge in [-0.2, -0.15) is 0 Å². The van der Waals surface area contributed by atoms with Crippen LogP contribution >= 0.6 is 0 Å². The predicted octanol–water partition coefficient (Wildman–Crippen LogP) is 5.13. The predicted molar refractivity (Wildman–Crippen MR) is 145 cm³/mol. The molecule has 6 heteroatoms. The maximum atomic E-state index is 13.4. The van der Waals surface area contributed by atoms with Gasteiger partial charge < -0.3 is 21.1 Å². The van der Waals surface area contributed by atoms with Crippen LogP contribution in [0.5, 0.6) is 5.75 Å². The molecule has 2 aromatic carbocycles. The van der Waals surface area contributed by atoms with Gasteiger partial charge in [-0.05, 0) is 92.1 Å². The fourth-order valence-corrected chi connectivity index (χ4v) is 4.97. The Morgan fingerprint density at radius 2 is 2.06 bits per heavy atom. The normalized spacial score (nSPS) is 19.5. The van der Waals surface area contributed by atoms with Crippen LogP contribution in [0.25, 0.3) is 5.57 Å². The number of nitrogens with zero attached hydrogens (tertiary/aromatic N) is 1. The van der Waals surface area contributed by atoms with Crippen molar-refractivity contribution in [1.29, 1.82) is 0 Å². The smallest absolute Gasteiger partial charge is 0.252 e. The Morgan fingerprint density at radius 3 is 2.74 bits per heavy atom. The van der Waals surface area contributed by atoms with Gasteiger partial charge in [0.2, 0.25) is 0 Å². The lowest BCUT2D eigenvalue weighted by atomic mass is 9.80. The van der Waals surface area contributed by atoms with Crippen molar-refractivity contribution < 1.29 is 9.53 Å². The van der Waals surface area contributed by atoms with Crippen LogP contribution in [0.3, 0.4) is 0 Å². The molecule has 0 saturated heterocycles. The maximum absolute atomic E-state index is 13.4. The van der Waals surface area contributed by atoms with Crippen molar-refractivity contribution in [3.05, 3.63) is 70.4 Å². The number of rotatable bonds is 9. The number of nitrogens with two attached hydrogens (primary N) is 1. The van der Waals surface area contributed by atoms with E-state index in [9.17, 15) is 4.79 Å². The molecule has 6 nitrogen and oxygen atoms in total. The Bertz CT molecular complexity index is 1070. The van der Waals surface area contributed by atoms with Crippen LogP contribution in [0.2, 0.25) is 0 Å². The highest BCUT2D eigenvalue weighted by atomic mass is 16.5. The molecule has 0 heterocycles. The summed E-state index contributed by atoms with van der Waals surface area (Å²) in [7, 11) is 3.34. The monoisotopic (exact) mass is 476 g/mol. The van der Waals surface area contributed by atoms with E-state index in [0.717, 1.165) is 40.8 Å². The van der Waals surface area contributed by atoms with Crippen molar-refractivity contribution in [2.45, 2.75) is 64.5 Å². The number of allylic oxidation sites excluding steroid dienone is 1. The Hall–Kier alpha value is -3.12. The van der Waals surface area contributed by atoms with E-state index in [0.29, 0.717) is 17.7 Å². The lowest BCUT2D eigenvalue weighted by Crippen LogP contribution is -2.33. The number of methoxy groups -OCH3 is 1. The molecule has 1 amide bonds. The number of hydrogen-bond acceptors (Lipinski definition) is 5. The van der Waals surface area contributed by atoms with E-state index in [1.807, 2.05) is 32.0 Å². The van der Waals surface area contributed by atoms with Crippen LogP contribution in [-0.2, 0) is 0 Å². The van der Waals surface area contributed by atoms with Gasteiger partial charge in [-0.15, -0.1) is 0 Å². The third-order valence-electron chi connectivity index (χ3n) is 6.94. The van der Waals surface area contributed by atoms with E-state index >= 15 is 0 Å². The molecule has 1 aliphatic rings. The molecule has 0 spiro atoms. The van der Waals surface area contributed by atoms with Crippen molar-refractivity contribution in [2.75, 3.05) is 20.7 Å². The SMILES string of the molecule is CCNC1CCCC(c2ccc(C)c(C(=O)N[C@H](C)c3cc(OC)cc(/C(C=NC)=C/N)c3)c2)C1. The van der Waals surface area contributed by atoms with E-state index in [2.05, 4.69) is 40.7 Å². The molecule has 4 N–H and O–H groups in total. The largest absolute Gasteiger partial charge is 0.497 e. The molecule has 35 heavy (non-hydrogen) atoms.